The van der Waals surface area contributed by atoms with Crippen LogP contribution in [0, 0.1) is 0 Å². The fraction of sp³-hybridized carbons (Fsp3) is 0.488. The van der Waals surface area contributed by atoms with Crippen molar-refractivity contribution in [2.45, 2.75) is 96.4 Å². The molecule has 0 aromatic rings. The lowest BCUT2D eigenvalue weighted by Crippen LogP contribution is -2.25. The second-order valence-electron chi connectivity index (χ2n) is 12.8. The van der Waals surface area contributed by atoms with Gasteiger partial charge in [0.25, 0.3) is 0 Å². The molecule has 5 atom stereocenters. The summed E-state index contributed by atoms with van der Waals surface area (Å²) in [4.78, 5) is 43.5. The number of allylic oxidation sites excluding steroid dienone is 20. The number of rotatable bonds is 36. The second-order valence-corrected chi connectivity index (χ2v) is 15.7. The average Bonchev–Trinajstić information content (AvgIpc) is 3.22. The van der Waals surface area contributed by atoms with Crippen LogP contribution < -0.4 is 0 Å². The van der Waals surface area contributed by atoms with Crippen molar-refractivity contribution in [1.82, 2.24) is 0 Å². The first-order valence-corrected chi connectivity index (χ1v) is 23.0. The number of aliphatic hydroxyl groups is 3. The Bertz CT molecular complexity index is 1540. The Kier molecular flexibility index (Phi) is 36.1. The van der Waals surface area contributed by atoms with Gasteiger partial charge in [0, 0.05) is 12.8 Å². The summed E-state index contributed by atoms with van der Waals surface area (Å²) in [5, 5.41) is 29.9. The van der Waals surface area contributed by atoms with Gasteiger partial charge in [0.2, 0.25) is 0 Å². The highest BCUT2D eigenvalue weighted by molar-refractivity contribution is 7.47. The third kappa shape index (κ3) is 39.9. The molecular formula is C43H66O15P2. The van der Waals surface area contributed by atoms with Gasteiger partial charge in [-0.05, 0) is 44.9 Å². The molecule has 0 radical (unpaired) electrons. The van der Waals surface area contributed by atoms with E-state index in [1.54, 1.807) is 0 Å². The first-order chi connectivity index (χ1) is 28.8. The number of hydrogen-bond acceptors (Lipinski definition) is 13. The quantitative estimate of drug-likeness (QED) is 0.0174. The molecule has 0 aromatic carbocycles. The van der Waals surface area contributed by atoms with Crippen molar-refractivity contribution in [1.29, 1.82) is 0 Å². The predicted molar refractivity (Wildman–Crippen MR) is 232 cm³/mol. The molecule has 17 heteroatoms. The SMILES string of the molecule is CC/C=C/C=C/C=C\C=C/C=C/CCCCCC(=O)OCC(O)COP(=O)(O)OCC(O)COP(=O)(O)OCC(O)COC(=O)CCC/C=C/C=C\C=C/C=C/C=C/CC. The maximum absolute atomic E-state index is 12.1. The van der Waals surface area contributed by atoms with E-state index in [0.29, 0.717) is 19.3 Å². The molecule has 0 fully saturated rings. The van der Waals surface area contributed by atoms with Gasteiger partial charge in [-0.1, -0.05) is 142 Å². The van der Waals surface area contributed by atoms with Crippen molar-refractivity contribution in [2.24, 2.45) is 0 Å². The fourth-order valence-electron chi connectivity index (χ4n) is 4.08. The topological polar surface area (TPSA) is 225 Å². The van der Waals surface area contributed by atoms with Crippen molar-refractivity contribution in [2.75, 3.05) is 39.6 Å². The van der Waals surface area contributed by atoms with Crippen LogP contribution in [-0.4, -0.2) is 95.0 Å². The zero-order valence-electron chi connectivity index (χ0n) is 34.8. The molecule has 0 saturated heterocycles. The summed E-state index contributed by atoms with van der Waals surface area (Å²) < 4.78 is 52.6. The van der Waals surface area contributed by atoms with Gasteiger partial charge in [0.15, 0.2) is 0 Å². The Morgan fingerprint density at radius 2 is 0.733 bits per heavy atom. The van der Waals surface area contributed by atoms with E-state index in [1.807, 2.05) is 109 Å². The van der Waals surface area contributed by atoms with Crippen molar-refractivity contribution < 1.29 is 71.4 Å². The van der Waals surface area contributed by atoms with Crippen LogP contribution in [0.2, 0.25) is 0 Å². The Hall–Kier alpha value is -3.56. The second kappa shape index (κ2) is 38.4. The highest BCUT2D eigenvalue weighted by Crippen LogP contribution is 2.45. The highest BCUT2D eigenvalue weighted by atomic mass is 31.2. The zero-order chi connectivity index (χ0) is 44.6. The summed E-state index contributed by atoms with van der Waals surface area (Å²) >= 11 is 0. The third-order valence-electron chi connectivity index (χ3n) is 7.17. The number of ether oxygens (including phenoxy) is 2. The summed E-state index contributed by atoms with van der Waals surface area (Å²) in [7, 11) is -9.61. The van der Waals surface area contributed by atoms with Gasteiger partial charge in [-0.25, -0.2) is 9.13 Å². The van der Waals surface area contributed by atoms with E-state index >= 15 is 0 Å². The first-order valence-electron chi connectivity index (χ1n) is 20.0. The molecule has 60 heavy (non-hydrogen) atoms. The maximum atomic E-state index is 12.1. The van der Waals surface area contributed by atoms with E-state index < -0.39 is 85.5 Å². The first kappa shape index (κ1) is 56.4. The Balaban J connectivity index is 4.09. The molecule has 0 aliphatic heterocycles. The summed E-state index contributed by atoms with van der Waals surface area (Å²) in [6.07, 6.45) is 40.8. The molecule has 0 aliphatic carbocycles. The van der Waals surface area contributed by atoms with Gasteiger partial charge in [-0.2, -0.15) is 0 Å². The monoisotopic (exact) mass is 884 g/mol. The minimum atomic E-state index is -4.81. The molecule has 0 rings (SSSR count). The van der Waals surface area contributed by atoms with Crippen molar-refractivity contribution in [3.8, 4) is 0 Å². The highest BCUT2D eigenvalue weighted by Gasteiger charge is 2.28. The zero-order valence-corrected chi connectivity index (χ0v) is 36.6. The average molecular weight is 885 g/mol. The van der Waals surface area contributed by atoms with Crippen LogP contribution in [0.5, 0.6) is 0 Å². The number of hydrogen-bond donors (Lipinski definition) is 5. The van der Waals surface area contributed by atoms with E-state index in [-0.39, 0.29) is 12.8 Å². The van der Waals surface area contributed by atoms with Gasteiger partial charge >= 0.3 is 27.6 Å². The van der Waals surface area contributed by atoms with Crippen LogP contribution >= 0.6 is 15.6 Å². The largest absolute Gasteiger partial charge is 0.472 e. The number of aliphatic hydroxyl groups excluding tert-OH is 3. The molecule has 15 nitrogen and oxygen atoms in total. The van der Waals surface area contributed by atoms with Crippen molar-refractivity contribution >= 4 is 27.6 Å². The van der Waals surface area contributed by atoms with Crippen molar-refractivity contribution in [3.05, 3.63) is 122 Å². The molecule has 5 unspecified atom stereocenters. The van der Waals surface area contributed by atoms with E-state index in [4.69, 9.17) is 9.47 Å². The summed E-state index contributed by atoms with van der Waals surface area (Å²) in [5.74, 6) is -1.12. The molecule has 0 heterocycles. The van der Waals surface area contributed by atoms with Crippen LogP contribution in [0.1, 0.15) is 78.1 Å². The normalized spacial score (nSPS) is 16.6. The van der Waals surface area contributed by atoms with Crippen LogP contribution in [0.3, 0.4) is 0 Å². The van der Waals surface area contributed by atoms with E-state index in [9.17, 15) is 43.8 Å². The standard InChI is InChI=1S/C43H66O15P2/c1-3-5-7-9-11-13-15-17-18-20-22-24-26-28-30-32-43(48)54-34-40(45)36-56-60(51,52)58-38-41(46)37-57-59(49,50)55-35-39(44)33-53-42(47)31-29-27-25-23-21-19-16-14-12-10-8-6-4-2/h5-23,25,39-41,44-46H,3-4,24,26-38H2,1-2H3,(H,49,50)(H,51,52)/b7-5+,8-6+,11-9+,12-10+,15-13-,16-14-,18-17-,21-19-,22-20+,25-23+. The fourth-order valence-corrected chi connectivity index (χ4v) is 5.67. The molecule has 0 saturated carbocycles. The number of esters is 2. The predicted octanol–water partition coefficient (Wildman–Crippen LogP) is 7.93. The Morgan fingerprint density at radius 1 is 0.433 bits per heavy atom. The third-order valence-corrected chi connectivity index (χ3v) is 9.07. The molecular weight excluding hydrogens is 818 g/mol. The molecule has 0 aliphatic rings. The van der Waals surface area contributed by atoms with E-state index in [0.717, 1.165) is 32.1 Å². The summed E-state index contributed by atoms with van der Waals surface area (Å²) in [6, 6.07) is 0. The van der Waals surface area contributed by atoms with Gasteiger partial charge in [-0.3, -0.25) is 27.7 Å². The molecule has 0 amide bonds. The maximum Gasteiger partial charge on any atom is 0.472 e. The van der Waals surface area contributed by atoms with E-state index in [2.05, 4.69) is 44.1 Å². The van der Waals surface area contributed by atoms with Gasteiger partial charge < -0.3 is 34.6 Å². The van der Waals surface area contributed by atoms with Crippen LogP contribution in [0.15, 0.2) is 122 Å². The summed E-state index contributed by atoms with van der Waals surface area (Å²) in [6.45, 7) is -0.0898. The van der Waals surface area contributed by atoms with Crippen LogP contribution in [0.4, 0.5) is 0 Å². The molecule has 5 N–H and O–H groups in total. The molecule has 0 bridgehead atoms. The lowest BCUT2D eigenvalue weighted by Gasteiger charge is -2.19. The lowest BCUT2D eigenvalue weighted by atomic mass is 10.1. The number of carbonyl (C=O) groups is 2. The van der Waals surface area contributed by atoms with Crippen molar-refractivity contribution in [3.63, 3.8) is 0 Å². The lowest BCUT2D eigenvalue weighted by molar-refractivity contribution is -0.148. The van der Waals surface area contributed by atoms with E-state index in [1.165, 1.54) is 0 Å². The van der Waals surface area contributed by atoms with Gasteiger partial charge in [0.05, 0.1) is 26.4 Å². The molecule has 338 valence electrons. The van der Waals surface area contributed by atoms with Crippen LogP contribution in [0.25, 0.3) is 0 Å². The molecule has 0 spiro atoms. The Labute approximate surface area is 355 Å². The van der Waals surface area contributed by atoms with Crippen LogP contribution in [-0.2, 0) is 46.3 Å². The Morgan fingerprint density at radius 3 is 1.10 bits per heavy atom. The number of phosphoric acid groups is 2. The number of carbonyl (C=O) groups excluding carboxylic acids is 2. The van der Waals surface area contributed by atoms with Gasteiger partial charge in [0.1, 0.15) is 31.5 Å². The van der Waals surface area contributed by atoms with Gasteiger partial charge in [-0.15, -0.1) is 0 Å². The smallest absolute Gasteiger partial charge is 0.463 e. The summed E-state index contributed by atoms with van der Waals surface area (Å²) in [5.41, 5.74) is 0. The minimum absolute atomic E-state index is 0.0923. The molecule has 0 aromatic heterocycles. The minimum Gasteiger partial charge on any atom is -0.463 e. The number of phosphoric ester groups is 2. The number of unbranched alkanes of at least 4 members (excludes halogenated alkanes) is 4.